The first kappa shape index (κ1) is 16.8. The molecule has 1 aromatic heterocycles. The highest BCUT2D eigenvalue weighted by Gasteiger charge is 2.16. The second-order valence-corrected chi connectivity index (χ2v) is 5.60. The van der Waals surface area contributed by atoms with Crippen LogP contribution in [0.4, 0.5) is 0 Å². The van der Waals surface area contributed by atoms with Crippen LogP contribution in [0.15, 0.2) is 39.8 Å². The predicted molar refractivity (Wildman–Crippen MR) is 90.5 cm³/mol. The number of thioether (sulfide) groups is 1. The van der Waals surface area contributed by atoms with Crippen LogP contribution in [-0.4, -0.2) is 11.2 Å². The lowest BCUT2D eigenvalue weighted by atomic mass is 10.1. The monoisotopic (exact) mass is 377 g/mol. The molecule has 5 heteroatoms. The van der Waals surface area contributed by atoms with E-state index in [1.54, 1.807) is 0 Å². The lowest BCUT2D eigenvalue weighted by Crippen LogP contribution is -1.90. The molecule has 0 aliphatic carbocycles. The van der Waals surface area contributed by atoms with E-state index >= 15 is 0 Å². The van der Waals surface area contributed by atoms with E-state index in [4.69, 9.17) is 23.2 Å². The van der Waals surface area contributed by atoms with E-state index in [-0.39, 0.29) is 0 Å². The molecule has 1 heterocycles. The van der Waals surface area contributed by atoms with Crippen LogP contribution in [0.5, 0.6) is 0 Å². The summed E-state index contributed by atoms with van der Waals surface area (Å²) in [6.45, 7) is 4.00. The first-order valence-corrected chi connectivity index (χ1v) is 8.56. The maximum absolute atomic E-state index is 6.33. The standard InChI is InChI=1S/C12H8BrCl2NS.C2H6/c1-17-12-9(13)10(14)8(11(15)16-12)7-5-3-2-4-6-7;1-2/h2-6H,1H3;1-2H3. The molecule has 0 unspecified atom stereocenters. The first-order chi connectivity index (χ1) is 9.15. The van der Waals surface area contributed by atoms with Crippen molar-refractivity contribution in [2.75, 3.05) is 6.26 Å². The quantitative estimate of drug-likeness (QED) is 0.433. The van der Waals surface area contributed by atoms with Crippen LogP contribution in [-0.2, 0) is 0 Å². The topological polar surface area (TPSA) is 12.9 Å². The minimum Gasteiger partial charge on any atom is -0.228 e. The third kappa shape index (κ3) is 3.88. The molecule has 0 saturated heterocycles. The second kappa shape index (κ2) is 8.15. The molecule has 0 atom stereocenters. The fraction of sp³-hybridized carbons (Fsp3) is 0.214. The van der Waals surface area contributed by atoms with Gasteiger partial charge in [-0.25, -0.2) is 4.98 Å². The average Bonchev–Trinajstić information content (AvgIpc) is 2.46. The van der Waals surface area contributed by atoms with Crippen LogP contribution in [0.1, 0.15) is 13.8 Å². The minimum atomic E-state index is 0.425. The molecule has 0 radical (unpaired) electrons. The van der Waals surface area contributed by atoms with Gasteiger partial charge >= 0.3 is 0 Å². The SMILES string of the molecule is CC.CSc1nc(Cl)c(-c2ccccc2)c(Cl)c1Br. The summed E-state index contributed by atoms with van der Waals surface area (Å²) in [7, 11) is 0. The Morgan fingerprint density at radius 3 is 2.21 bits per heavy atom. The van der Waals surface area contributed by atoms with Gasteiger partial charge in [-0.3, -0.25) is 0 Å². The van der Waals surface area contributed by atoms with E-state index in [2.05, 4.69) is 20.9 Å². The number of pyridine rings is 1. The molecule has 0 amide bonds. The summed E-state index contributed by atoms with van der Waals surface area (Å²) >= 11 is 17.5. The zero-order valence-corrected chi connectivity index (χ0v) is 14.8. The van der Waals surface area contributed by atoms with Gasteiger partial charge in [0, 0.05) is 5.56 Å². The normalized spacial score (nSPS) is 9.79. The fourth-order valence-electron chi connectivity index (χ4n) is 1.47. The third-order valence-corrected chi connectivity index (χ3v) is 4.86. The molecule has 0 N–H and O–H groups in total. The van der Waals surface area contributed by atoms with Crippen molar-refractivity contribution in [3.8, 4) is 11.1 Å². The van der Waals surface area contributed by atoms with Crippen LogP contribution >= 0.6 is 50.9 Å². The summed E-state index contributed by atoms with van der Waals surface area (Å²) in [5, 5.41) is 1.81. The minimum absolute atomic E-state index is 0.425. The Hall–Kier alpha value is -0.220. The van der Waals surface area contributed by atoms with Crippen molar-refractivity contribution in [1.29, 1.82) is 0 Å². The Kier molecular flexibility index (Phi) is 7.22. The zero-order chi connectivity index (χ0) is 14.4. The maximum atomic E-state index is 6.33. The highest BCUT2D eigenvalue weighted by Crippen LogP contribution is 2.41. The van der Waals surface area contributed by atoms with E-state index in [0.29, 0.717) is 10.2 Å². The van der Waals surface area contributed by atoms with Gasteiger partial charge in [0.05, 0.1) is 9.50 Å². The average molecular weight is 379 g/mol. The van der Waals surface area contributed by atoms with E-state index in [1.807, 2.05) is 50.4 Å². The van der Waals surface area contributed by atoms with Gasteiger partial charge in [0.25, 0.3) is 0 Å². The lowest BCUT2D eigenvalue weighted by molar-refractivity contribution is 1.12. The maximum Gasteiger partial charge on any atom is 0.139 e. The van der Waals surface area contributed by atoms with Gasteiger partial charge in [-0.2, -0.15) is 0 Å². The molecule has 1 nitrogen and oxygen atoms in total. The third-order valence-electron chi connectivity index (χ3n) is 2.26. The highest BCUT2D eigenvalue weighted by atomic mass is 79.9. The van der Waals surface area contributed by atoms with Gasteiger partial charge in [0.2, 0.25) is 0 Å². The van der Waals surface area contributed by atoms with Crippen molar-refractivity contribution < 1.29 is 0 Å². The van der Waals surface area contributed by atoms with Crippen molar-refractivity contribution >= 4 is 50.9 Å². The number of hydrogen-bond donors (Lipinski definition) is 0. The largest absolute Gasteiger partial charge is 0.228 e. The Morgan fingerprint density at radius 1 is 1.11 bits per heavy atom. The first-order valence-electron chi connectivity index (χ1n) is 5.79. The number of hydrogen-bond acceptors (Lipinski definition) is 2. The predicted octanol–water partition coefficient (Wildman–Crippen LogP) is 6.57. The Morgan fingerprint density at radius 2 is 1.68 bits per heavy atom. The summed E-state index contributed by atoms with van der Waals surface area (Å²) in [6.07, 6.45) is 1.93. The highest BCUT2D eigenvalue weighted by molar-refractivity contribution is 9.10. The van der Waals surface area contributed by atoms with E-state index in [0.717, 1.165) is 20.6 Å². The lowest BCUT2D eigenvalue weighted by Gasteiger charge is -2.10. The Balaban J connectivity index is 0.000000861. The van der Waals surface area contributed by atoms with Gasteiger partial charge in [0.15, 0.2) is 0 Å². The smallest absolute Gasteiger partial charge is 0.139 e. The zero-order valence-electron chi connectivity index (χ0n) is 10.9. The van der Waals surface area contributed by atoms with Gasteiger partial charge in [-0.1, -0.05) is 67.4 Å². The molecule has 2 rings (SSSR count). The fourth-order valence-corrected chi connectivity index (χ4v) is 3.44. The molecule has 0 saturated carbocycles. The molecule has 0 aliphatic heterocycles. The molecule has 0 fully saturated rings. The Labute approximate surface area is 136 Å². The molecule has 2 aromatic rings. The molecule has 0 bridgehead atoms. The van der Waals surface area contributed by atoms with Gasteiger partial charge in [-0.15, -0.1) is 11.8 Å². The molecular formula is C14H14BrCl2NS. The summed E-state index contributed by atoms with van der Waals surface area (Å²) < 4.78 is 0.787. The van der Waals surface area contributed by atoms with Crippen LogP contribution in [0.2, 0.25) is 10.2 Å². The van der Waals surface area contributed by atoms with Crippen molar-refractivity contribution in [3.63, 3.8) is 0 Å². The van der Waals surface area contributed by atoms with E-state index in [1.165, 1.54) is 11.8 Å². The summed E-state index contributed by atoms with van der Waals surface area (Å²) in [5.41, 5.74) is 1.72. The van der Waals surface area contributed by atoms with Gasteiger partial charge in [-0.05, 0) is 27.7 Å². The number of aromatic nitrogens is 1. The second-order valence-electron chi connectivity index (χ2n) is 3.28. The molecule has 1 aromatic carbocycles. The van der Waals surface area contributed by atoms with Crippen LogP contribution < -0.4 is 0 Å². The van der Waals surface area contributed by atoms with Gasteiger partial charge in [0.1, 0.15) is 10.2 Å². The van der Waals surface area contributed by atoms with Crippen molar-refractivity contribution in [3.05, 3.63) is 45.0 Å². The number of nitrogens with zero attached hydrogens (tertiary/aromatic N) is 1. The summed E-state index contributed by atoms with van der Waals surface area (Å²) in [5.74, 6) is 0. The molecule has 102 valence electrons. The van der Waals surface area contributed by atoms with Crippen molar-refractivity contribution in [2.24, 2.45) is 0 Å². The number of rotatable bonds is 2. The van der Waals surface area contributed by atoms with E-state index in [9.17, 15) is 0 Å². The summed E-state index contributed by atoms with van der Waals surface area (Å²) in [6, 6.07) is 9.75. The Bertz CT molecular complexity index is 547. The van der Waals surface area contributed by atoms with Crippen molar-refractivity contribution in [2.45, 2.75) is 18.9 Å². The van der Waals surface area contributed by atoms with Crippen LogP contribution in [0.25, 0.3) is 11.1 Å². The molecular weight excluding hydrogens is 365 g/mol. The van der Waals surface area contributed by atoms with Gasteiger partial charge < -0.3 is 0 Å². The van der Waals surface area contributed by atoms with Crippen molar-refractivity contribution in [1.82, 2.24) is 4.98 Å². The number of halogens is 3. The molecule has 0 aliphatic rings. The number of benzene rings is 1. The van der Waals surface area contributed by atoms with Crippen LogP contribution in [0, 0.1) is 0 Å². The van der Waals surface area contributed by atoms with Crippen LogP contribution in [0.3, 0.4) is 0 Å². The van der Waals surface area contributed by atoms with E-state index < -0.39 is 0 Å². The molecule has 0 spiro atoms. The molecule has 19 heavy (non-hydrogen) atoms. The summed E-state index contributed by atoms with van der Waals surface area (Å²) in [4.78, 5) is 4.33.